The number of pyridine rings is 1. The normalized spacial score (nSPS) is 18.9. The quantitative estimate of drug-likeness (QED) is 0.883. The summed E-state index contributed by atoms with van der Waals surface area (Å²) in [7, 11) is 0. The predicted octanol–water partition coefficient (Wildman–Crippen LogP) is 2.93. The summed E-state index contributed by atoms with van der Waals surface area (Å²) in [6.07, 6.45) is 3.27. The summed E-state index contributed by atoms with van der Waals surface area (Å²) < 4.78 is 11.3. The molecular weight excluding hydrogens is 306 g/mol. The van der Waals surface area contributed by atoms with E-state index in [1.165, 1.54) is 0 Å². The Morgan fingerprint density at radius 1 is 1.46 bits per heavy atom. The summed E-state index contributed by atoms with van der Waals surface area (Å²) in [5.41, 5.74) is 1.68. The SMILES string of the molecule is CCOCC1(C)COc2ccc(C(=O)Nc3cccnc3)cc2N1. The van der Waals surface area contributed by atoms with Crippen molar-refractivity contribution in [3.63, 3.8) is 0 Å². The van der Waals surface area contributed by atoms with E-state index in [1.807, 2.05) is 13.8 Å². The minimum absolute atomic E-state index is 0.190. The van der Waals surface area contributed by atoms with Crippen LogP contribution in [0, 0.1) is 0 Å². The highest BCUT2D eigenvalue weighted by Gasteiger charge is 2.31. The summed E-state index contributed by atoms with van der Waals surface area (Å²) in [5, 5.41) is 6.25. The minimum atomic E-state index is -0.318. The van der Waals surface area contributed by atoms with Crippen molar-refractivity contribution >= 4 is 17.3 Å². The molecule has 0 saturated carbocycles. The number of carbonyl (C=O) groups excluding carboxylic acids is 1. The van der Waals surface area contributed by atoms with Crippen molar-refractivity contribution in [1.82, 2.24) is 4.98 Å². The molecule has 0 aliphatic carbocycles. The highest BCUT2D eigenvalue weighted by Crippen LogP contribution is 2.33. The van der Waals surface area contributed by atoms with E-state index >= 15 is 0 Å². The lowest BCUT2D eigenvalue weighted by molar-refractivity contribution is 0.0808. The Morgan fingerprint density at radius 2 is 2.33 bits per heavy atom. The maximum Gasteiger partial charge on any atom is 0.255 e. The van der Waals surface area contributed by atoms with E-state index in [1.54, 1.807) is 42.7 Å². The minimum Gasteiger partial charge on any atom is -0.489 e. The van der Waals surface area contributed by atoms with Crippen molar-refractivity contribution in [1.29, 1.82) is 0 Å². The number of carbonyl (C=O) groups is 1. The van der Waals surface area contributed by atoms with Gasteiger partial charge in [-0.1, -0.05) is 0 Å². The van der Waals surface area contributed by atoms with Crippen molar-refractivity contribution in [3.8, 4) is 5.75 Å². The number of nitrogens with one attached hydrogen (secondary N) is 2. The number of fused-ring (bicyclic) bond motifs is 1. The van der Waals surface area contributed by atoms with Gasteiger partial charge in [-0.25, -0.2) is 0 Å². The van der Waals surface area contributed by atoms with Gasteiger partial charge in [-0.15, -0.1) is 0 Å². The third kappa shape index (κ3) is 3.65. The van der Waals surface area contributed by atoms with Crippen molar-refractivity contribution in [3.05, 3.63) is 48.3 Å². The first-order chi connectivity index (χ1) is 11.6. The zero-order valence-electron chi connectivity index (χ0n) is 13.8. The largest absolute Gasteiger partial charge is 0.489 e. The molecule has 1 unspecified atom stereocenters. The Bertz CT molecular complexity index is 721. The van der Waals surface area contributed by atoms with Crippen LogP contribution in [-0.4, -0.2) is 36.3 Å². The van der Waals surface area contributed by atoms with Crippen LogP contribution in [0.1, 0.15) is 24.2 Å². The Kier molecular flexibility index (Phi) is 4.66. The summed E-state index contributed by atoms with van der Waals surface area (Å²) >= 11 is 0. The summed E-state index contributed by atoms with van der Waals surface area (Å²) in [4.78, 5) is 16.4. The Hall–Kier alpha value is -2.60. The molecule has 1 aromatic carbocycles. The topological polar surface area (TPSA) is 72.5 Å². The maximum atomic E-state index is 12.4. The molecule has 0 fully saturated rings. The van der Waals surface area contributed by atoms with E-state index in [2.05, 4.69) is 15.6 Å². The standard InChI is InChI=1S/C18H21N3O3/c1-3-23-11-18(2)12-24-16-7-6-13(9-15(16)21-18)17(22)20-14-5-4-8-19-10-14/h4-10,21H,3,11-12H2,1-2H3,(H,20,22). The second kappa shape index (κ2) is 6.88. The van der Waals surface area contributed by atoms with Gasteiger partial charge in [-0.2, -0.15) is 0 Å². The van der Waals surface area contributed by atoms with Crippen LogP contribution in [0.5, 0.6) is 5.75 Å². The molecule has 3 rings (SSSR count). The van der Waals surface area contributed by atoms with Gasteiger partial charge in [0.25, 0.3) is 5.91 Å². The molecule has 24 heavy (non-hydrogen) atoms. The molecule has 6 heteroatoms. The molecule has 0 radical (unpaired) electrons. The highest BCUT2D eigenvalue weighted by molar-refractivity contribution is 6.05. The molecule has 0 spiro atoms. The first-order valence-electron chi connectivity index (χ1n) is 7.94. The fraction of sp³-hybridized carbons (Fsp3) is 0.333. The predicted molar refractivity (Wildman–Crippen MR) is 92.6 cm³/mol. The van der Waals surface area contributed by atoms with Crippen LogP contribution >= 0.6 is 0 Å². The second-order valence-corrected chi connectivity index (χ2v) is 6.02. The Morgan fingerprint density at radius 3 is 3.08 bits per heavy atom. The molecule has 6 nitrogen and oxygen atoms in total. The van der Waals surface area contributed by atoms with Gasteiger partial charge < -0.3 is 20.1 Å². The fourth-order valence-electron chi connectivity index (χ4n) is 2.54. The molecule has 1 aromatic heterocycles. The lowest BCUT2D eigenvalue weighted by Crippen LogP contribution is -2.48. The van der Waals surface area contributed by atoms with Gasteiger partial charge in [-0.3, -0.25) is 9.78 Å². The van der Waals surface area contributed by atoms with E-state index in [4.69, 9.17) is 9.47 Å². The lowest BCUT2D eigenvalue weighted by Gasteiger charge is -2.36. The van der Waals surface area contributed by atoms with Crippen molar-refractivity contribution in [2.75, 3.05) is 30.5 Å². The van der Waals surface area contributed by atoms with Crippen molar-refractivity contribution in [2.24, 2.45) is 0 Å². The molecule has 1 aliphatic rings. The third-order valence-corrected chi connectivity index (χ3v) is 3.77. The summed E-state index contributed by atoms with van der Waals surface area (Å²) in [5.74, 6) is 0.548. The molecule has 0 saturated heterocycles. The van der Waals surface area contributed by atoms with E-state index in [9.17, 15) is 4.79 Å². The first kappa shape index (κ1) is 16.3. The van der Waals surface area contributed by atoms with Crippen LogP contribution in [0.25, 0.3) is 0 Å². The first-order valence-corrected chi connectivity index (χ1v) is 7.94. The molecular formula is C18H21N3O3. The lowest BCUT2D eigenvalue weighted by atomic mass is 10.0. The van der Waals surface area contributed by atoms with E-state index < -0.39 is 0 Å². The molecule has 1 aliphatic heterocycles. The van der Waals surface area contributed by atoms with Crippen molar-refractivity contribution < 1.29 is 14.3 Å². The number of hydrogen-bond acceptors (Lipinski definition) is 5. The average Bonchev–Trinajstić information content (AvgIpc) is 2.60. The monoisotopic (exact) mass is 327 g/mol. The van der Waals surface area contributed by atoms with Gasteiger partial charge in [0.2, 0.25) is 0 Å². The number of hydrogen-bond donors (Lipinski definition) is 2. The van der Waals surface area contributed by atoms with Gasteiger partial charge in [0, 0.05) is 18.4 Å². The zero-order valence-corrected chi connectivity index (χ0v) is 13.8. The van der Waals surface area contributed by atoms with Crippen LogP contribution in [0.15, 0.2) is 42.7 Å². The zero-order chi connectivity index (χ0) is 17.0. The van der Waals surface area contributed by atoms with Crippen LogP contribution in [0.3, 0.4) is 0 Å². The Labute approximate surface area is 141 Å². The van der Waals surface area contributed by atoms with Crippen LogP contribution in [0.2, 0.25) is 0 Å². The average molecular weight is 327 g/mol. The van der Waals surface area contributed by atoms with E-state index in [0.29, 0.717) is 31.1 Å². The number of amides is 1. The van der Waals surface area contributed by atoms with Crippen LogP contribution < -0.4 is 15.4 Å². The molecule has 1 amide bonds. The number of nitrogens with zero attached hydrogens (tertiary/aromatic N) is 1. The number of benzene rings is 1. The summed E-state index contributed by atoms with van der Waals surface area (Å²) in [6.45, 7) is 5.70. The third-order valence-electron chi connectivity index (χ3n) is 3.77. The van der Waals surface area contributed by atoms with Crippen molar-refractivity contribution in [2.45, 2.75) is 19.4 Å². The molecule has 1 atom stereocenters. The van der Waals surface area contributed by atoms with Gasteiger partial charge >= 0.3 is 0 Å². The van der Waals surface area contributed by atoms with Gasteiger partial charge in [0.05, 0.1) is 29.7 Å². The number of anilines is 2. The molecule has 2 aromatic rings. The smallest absolute Gasteiger partial charge is 0.255 e. The van der Waals surface area contributed by atoms with E-state index in [-0.39, 0.29) is 11.4 Å². The molecule has 0 bridgehead atoms. The number of rotatable bonds is 5. The second-order valence-electron chi connectivity index (χ2n) is 6.02. The number of aromatic nitrogens is 1. The van der Waals surface area contributed by atoms with Crippen LogP contribution in [0.4, 0.5) is 11.4 Å². The number of ether oxygens (including phenoxy) is 2. The van der Waals surface area contributed by atoms with Gasteiger partial charge in [-0.05, 0) is 44.2 Å². The van der Waals surface area contributed by atoms with Crippen LogP contribution in [-0.2, 0) is 4.74 Å². The van der Waals surface area contributed by atoms with E-state index in [0.717, 1.165) is 11.4 Å². The van der Waals surface area contributed by atoms with Gasteiger partial charge in [0.1, 0.15) is 12.4 Å². The molecule has 2 N–H and O–H groups in total. The Balaban J connectivity index is 1.76. The maximum absolute atomic E-state index is 12.4. The molecule has 2 heterocycles. The molecule has 126 valence electrons. The van der Waals surface area contributed by atoms with Gasteiger partial charge in [0.15, 0.2) is 0 Å². The highest BCUT2D eigenvalue weighted by atomic mass is 16.5. The fourth-order valence-corrected chi connectivity index (χ4v) is 2.54. The summed E-state index contributed by atoms with van der Waals surface area (Å²) in [6, 6.07) is 8.92.